The van der Waals surface area contributed by atoms with Crippen LogP contribution in [-0.4, -0.2) is 16.5 Å². The van der Waals surface area contributed by atoms with Gasteiger partial charge in [-0.05, 0) is 40.5 Å². The molecule has 4 nitrogen and oxygen atoms in total. The van der Waals surface area contributed by atoms with E-state index in [4.69, 9.17) is 0 Å². The van der Waals surface area contributed by atoms with Crippen molar-refractivity contribution in [2.45, 2.75) is 13.3 Å². The van der Waals surface area contributed by atoms with Gasteiger partial charge in [0.2, 0.25) is 5.95 Å². The Morgan fingerprint density at radius 2 is 2.10 bits per heavy atom. The SMILES string of the molecule is CCCNc1ncc(F)c(Nc2cc(Br)ccc2Br)n1. The molecule has 2 aromatic rings. The summed E-state index contributed by atoms with van der Waals surface area (Å²) in [5.74, 6) is 0.0400. The molecule has 0 aliphatic carbocycles. The van der Waals surface area contributed by atoms with Crippen LogP contribution >= 0.6 is 31.9 Å². The Labute approximate surface area is 133 Å². The van der Waals surface area contributed by atoms with Crippen molar-refractivity contribution >= 4 is 49.3 Å². The highest BCUT2D eigenvalue weighted by Gasteiger charge is 2.09. The lowest BCUT2D eigenvalue weighted by Crippen LogP contribution is -2.07. The Bertz CT molecular complexity index is 607. The van der Waals surface area contributed by atoms with Crippen LogP contribution in [0.5, 0.6) is 0 Å². The molecule has 1 aromatic carbocycles. The van der Waals surface area contributed by atoms with Crippen LogP contribution in [0.25, 0.3) is 0 Å². The fourth-order valence-corrected chi connectivity index (χ4v) is 2.20. The number of rotatable bonds is 5. The third kappa shape index (κ3) is 3.89. The second-order valence-electron chi connectivity index (χ2n) is 4.07. The number of benzene rings is 1. The van der Waals surface area contributed by atoms with E-state index in [-0.39, 0.29) is 5.82 Å². The average molecular weight is 404 g/mol. The standard InChI is InChI=1S/C13H13Br2FN4/c1-2-5-17-13-18-7-10(16)12(20-13)19-11-6-8(14)3-4-9(11)15/h3-4,6-7H,2,5H2,1H3,(H2,17,18,19,20). The molecule has 0 saturated heterocycles. The first kappa shape index (κ1) is 15.2. The summed E-state index contributed by atoms with van der Waals surface area (Å²) in [5.41, 5.74) is 0.721. The first-order valence-corrected chi connectivity index (χ1v) is 7.67. The van der Waals surface area contributed by atoms with Crippen molar-refractivity contribution < 1.29 is 4.39 Å². The van der Waals surface area contributed by atoms with E-state index in [1.54, 1.807) is 0 Å². The van der Waals surface area contributed by atoms with E-state index in [0.717, 1.165) is 33.8 Å². The molecule has 1 heterocycles. The lowest BCUT2D eigenvalue weighted by atomic mass is 10.3. The van der Waals surface area contributed by atoms with Crippen LogP contribution < -0.4 is 10.6 Å². The van der Waals surface area contributed by atoms with Gasteiger partial charge in [0, 0.05) is 15.5 Å². The highest BCUT2D eigenvalue weighted by atomic mass is 79.9. The topological polar surface area (TPSA) is 49.8 Å². The third-order valence-corrected chi connectivity index (χ3v) is 3.64. The van der Waals surface area contributed by atoms with Gasteiger partial charge < -0.3 is 10.6 Å². The van der Waals surface area contributed by atoms with Gasteiger partial charge in [-0.2, -0.15) is 4.98 Å². The monoisotopic (exact) mass is 402 g/mol. The van der Waals surface area contributed by atoms with Crippen molar-refractivity contribution in [2.24, 2.45) is 0 Å². The molecule has 20 heavy (non-hydrogen) atoms. The number of nitrogens with zero attached hydrogens (tertiary/aromatic N) is 2. The van der Waals surface area contributed by atoms with Crippen molar-refractivity contribution in [3.63, 3.8) is 0 Å². The Hall–Kier alpha value is -1.21. The summed E-state index contributed by atoms with van der Waals surface area (Å²) in [6.07, 6.45) is 2.10. The van der Waals surface area contributed by atoms with Crippen molar-refractivity contribution in [3.05, 3.63) is 39.2 Å². The van der Waals surface area contributed by atoms with Gasteiger partial charge in [0.05, 0.1) is 11.9 Å². The minimum Gasteiger partial charge on any atom is -0.354 e. The second-order valence-corrected chi connectivity index (χ2v) is 5.84. The number of aromatic nitrogens is 2. The molecule has 106 valence electrons. The summed E-state index contributed by atoms with van der Waals surface area (Å²) in [6, 6.07) is 5.59. The maximum absolute atomic E-state index is 13.8. The van der Waals surface area contributed by atoms with Gasteiger partial charge in [-0.15, -0.1) is 0 Å². The van der Waals surface area contributed by atoms with Gasteiger partial charge in [0.25, 0.3) is 0 Å². The first-order valence-electron chi connectivity index (χ1n) is 6.08. The maximum Gasteiger partial charge on any atom is 0.224 e. The highest BCUT2D eigenvalue weighted by Crippen LogP contribution is 2.29. The van der Waals surface area contributed by atoms with Crippen LogP contribution in [0.15, 0.2) is 33.3 Å². The van der Waals surface area contributed by atoms with Crippen LogP contribution in [0.4, 0.5) is 21.8 Å². The van der Waals surface area contributed by atoms with E-state index >= 15 is 0 Å². The molecule has 0 atom stereocenters. The van der Waals surface area contributed by atoms with Gasteiger partial charge in [-0.1, -0.05) is 22.9 Å². The molecule has 0 spiro atoms. The second kappa shape index (κ2) is 6.99. The van der Waals surface area contributed by atoms with Crippen LogP contribution in [0.1, 0.15) is 13.3 Å². The summed E-state index contributed by atoms with van der Waals surface area (Å²) in [7, 11) is 0. The molecule has 2 rings (SSSR count). The number of nitrogens with one attached hydrogen (secondary N) is 2. The van der Waals surface area contributed by atoms with Crippen molar-refractivity contribution in [3.8, 4) is 0 Å². The van der Waals surface area contributed by atoms with E-state index in [0.29, 0.717) is 5.95 Å². The Morgan fingerprint density at radius 3 is 2.85 bits per heavy atom. The zero-order valence-corrected chi connectivity index (χ0v) is 13.9. The molecule has 0 bridgehead atoms. The molecule has 2 N–H and O–H groups in total. The Kier molecular flexibility index (Phi) is 5.31. The fourth-order valence-electron chi connectivity index (χ4n) is 1.50. The first-order chi connectivity index (χ1) is 9.60. The van der Waals surface area contributed by atoms with E-state index in [9.17, 15) is 4.39 Å². The van der Waals surface area contributed by atoms with Gasteiger partial charge >= 0.3 is 0 Å². The van der Waals surface area contributed by atoms with E-state index in [2.05, 4.69) is 52.5 Å². The van der Waals surface area contributed by atoms with E-state index < -0.39 is 5.82 Å². The minimum atomic E-state index is -0.501. The molecule has 0 unspecified atom stereocenters. The zero-order chi connectivity index (χ0) is 14.5. The summed E-state index contributed by atoms with van der Waals surface area (Å²) >= 11 is 6.79. The zero-order valence-electron chi connectivity index (χ0n) is 10.8. The average Bonchev–Trinajstić information content (AvgIpc) is 2.43. The Morgan fingerprint density at radius 1 is 1.30 bits per heavy atom. The predicted molar refractivity (Wildman–Crippen MR) is 85.9 cm³/mol. The lowest BCUT2D eigenvalue weighted by molar-refractivity contribution is 0.619. The molecule has 0 fully saturated rings. The van der Waals surface area contributed by atoms with E-state index in [1.807, 2.05) is 25.1 Å². The molecular formula is C13H13Br2FN4. The Balaban J connectivity index is 2.25. The molecule has 7 heteroatoms. The molecular weight excluding hydrogens is 391 g/mol. The third-order valence-electron chi connectivity index (χ3n) is 2.46. The van der Waals surface area contributed by atoms with Crippen LogP contribution in [0, 0.1) is 5.82 Å². The molecule has 0 aliphatic heterocycles. The number of anilines is 3. The minimum absolute atomic E-state index is 0.136. The normalized spacial score (nSPS) is 10.4. The molecule has 0 amide bonds. The molecule has 0 radical (unpaired) electrons. The smallest absolute Gasteiger partial charge is 0.224 e. The number of hydrogen-bond donors (Lipinski definition) is 2. The van der Waals surface area contributed by atoms with Crippen molar-refractivity contribution in [2.75, 3.05) is 17.2 Å². The van der Waals surface area contributed by atoms with Gasteiger partial charge in [0.1, 0.15) is 0 Å². The summed E-state index contributed by atoms with van der Waals surface area (Å²) in [6.45, 7) is 2.78. The summed E-state index contributed by atoms with van der Waals surface area (Å²) in [5, 5.41) is 5.98. The summed E-state index contributed by atoms with van der Waals surface area (Å²) in [4.78, 5) is 8.03. The number of hydrogen-bond acceptors (Lipinski definition) is 4. The largest absolute Gasteiger partial charge is 0.354 e. The van der Waals surface area contributed by atoms with Gasteiger partial charge in [0.15, 0.2) is 11.6 Å². The fraction of sp³-hybridized carbons (Fsp3) is 0.231. The molecule has 0 saturated carbocycles. The van der Waals surface area contributed by atoms with Crippen LogP contribution in [-0.2, 0) is 0 Å². The van der Waals surface area contributed by atoms with Crippen molar-refractivity contribution in [1.82, 2.24) is 9.97 Å². The van der Waals surface area contributed by atoms with Crippen LogP contribution in [0.2, 0.25) is 0 Å². The van der Waals surface area contributed by atoms with Crippen LogP contribution in [0.3, 0.4) is 0 Å². The van der Waals surface area contributed by atoms with Gasteiger partial charge in [-0.25, -0.2) is 9.37 Å². The van der Waals surface area contributed by atoms with Crippen molar-refractivity contribution in [1.29, 1.82) is 0 Å². The van der Waals surface area contributed by atoms with Gasteiger partial charge in [-0.3, -0.25) is 0 Å². The maximum atomic E-state index is 13.8. The van der Waals surface area contributed by atoms with E-state index in [1.165, 1.54) is 0 Å². The molecule has 0 aliphatic rings. The number of halogens is 3. The predicted octanol–water partition coefficient (Wildman–Crippen LogP) is 4.71. The molecule has 1 aromatic heterocycles. The lowest BCUT2D eigenvalue weighted by Gasteiger charge is -2.10. The quantitative estimate of drug-likeness (QED) is 0.759. The summed E-state index contributed by atoms with van der Waals surface area (Å²) < 4.78 is 15.5. The highest BCUT2D eigenvalue weighted by molar-refractivity contribution is 9.11.